The molecule has 7 amide bonds. The van der Waals surface area contributed by atoms with Gasteiger partial charge in [0.1, 0.15) is 30.0 Å². The van der Waals surface area contributed by atoms with E-state index in [1.54, 1.807) is 85.1 Å². The van der Waals surface area contributed by atoms with Gasteiger partial charge < -0.3 is 44.6 Å². The second-order valence-corrected chi connectivity index (χ2v) is 24.8. The number of rotatable bonds is 16. The van der Waals surface area contributed by atoms with Gasteiger partial charge in [0.15, 0.2) is 0 Å². The number of aromatic nitrogens is 2. The number of anilines is 3. The van der Waals surface area contributed by atoms with Gasteiger partial charge in [-0.2, -0.15) is 0 Å². The first-order valence-electron chi connectivity index (χ1n) is 25.7. The van der Waals surface area contributed by atoms with Crippen LogP contribution in [0.3, 0.4) is 0 Å². The van der Waals surface area contributed by atoms with Gasteiger partial charge in [0.2, 0.25) is 11.8 Å². The van der Waals surface area contributed by atoms with Gasteiger partial charge in [-0.25, -0.2) is 67.4 Å². The summed E-state index contributed by atoms with van der Waals surface area (Å²) >= 11 is 17.9. The van der Waals surface area contributed by atoms with Crippen LogP contribution in [0.4, 0.5) is 45.0 Å². The highest BCUT2D eigenvalue weighted by Crippen LogP contribution is 2.27. The minimum atomic E-state index is -4.26. The van der Waals surface area contributed by atoms with Gasteiger partial charge in [-0.3, -0.25) is 9.59 Å². The van der Waals surface area contributed by atoms with E-state index in [-0.39, 0.29) is 55.2 Å². The Morgan fingerprint density at radius 3 is 1.62 bits per heavy atom. The molecule has 32 heteroatoms. The zero-order chi connectivity index (χ0) is 65.5. The molecule has 90 heavy (non-hydrogen) atoms. The van der Waals surface area contributed by atoms with Gasteiger partial charge in [-0.15, -0.1) is 0 Å². The molecule has 0 saturated carbocycles. The lowest BCUT2D eigenvalue weighted by molar-refractivity contribution is -0.119. The molecule has 2 heterocycles. The Balaban J connectivity index is 0.00000139. The SMILES string of the molecule is COC(=O)NS(=O)(=O)c1ccc(NC(=O)Cn2ccc3cccc(Cl)c32)cc1.COC(=O)NS(=O)(=O)c1ccc(NC(=O)NCc2ccc(Cl)c(Cl)c2)cc1.C[C@H](C(=O)Nc1ccc(S(=O)(=O)NC(=O)Oc2ccc(F)cc2)cc1)n1ccc2c(F)cccc21.[HH].[HH].[HH].[HH].[HH].[HH].[HH]. The van der Waals surface area contributed by atoms with Crippen molar-refractivity contribution in [2.75, 3.05) is 30.2 Å². The monoisotopic (exact) mass is 1370 g/mol. The lowest BCUT2D eigenvalue weighted by atomic mass is 10.2. The maximum atomic E-state index is 13.9. The maximum absolute atomic E-state index is 13.9. The Morgan fingerprint density at radius 1 is 0.556 bits per heavy atom. The van der Waals surface area contributed by atoms with Crippen LogP contribution in [0.5, 0.6) is 5.75 Å². The van der Waals surface area contributed by atoms with Crippen LogP contribution in [0.25, 0.3) is 21.8 Å². The van der Waals surface area contributed by atoms with Crippen molar-refractivity contribution >= 4 is 140 Å². The van der Waals surface area contributed by atoms with Crippen LogP contribution in [0, 0.1) is 11.6 Å². The Bertz CT molecular complexity index is 4530. The van der Waals surface area contributed by atoms with E-state index in [9.17, 15) is 62.8 Å². The van der Waals surface area contributed by atoms with Gasteiger partial charge in [0.05, 0.1) is 55.0 Å². The van der Waals surface area contributed by atoms with Crippen molar-refractivity contribution in [2.45, 2.75) is 40.7 Å². The number of sulfonamides is 3. The quantitative estimate of drug-likeness (QED) is 0.0473. The number of amides is 7. The van der Waals surface area contributed by atoms with E-state index >= 15 is 0 Å². The number of carbonyl (C=O) groups is 6. The van der Waals surface area contributed by atoms with E-state index in [2.05, 4.69) is 30.7 Å². The molecule has 484 valence electrons. The predicted molar refractivity (Wildman–Crippen MR) is 345 cm³/mol. The number of ether oxygens (including phenoxy) is 3. The van der Waals surface area contributed by atoms with Gasteiger partial charge in [0.25, 0.3) is 30.1 Å². The van der Waals surface area contributed by atoms with Gasteiger partial charge in [-0.05, 0) is 152 Å². The third-order valence-corrected chi connectivity index (χ3v) is 17.4. The van der Waals surface area contributed by atoms with E-state index in [1.165, 1.54) is 91.0 Å². The van der Waals surface area contributed by atoms with Crippen molar-refractivity contribution < 1.29 is 87.0 Å². The average molecular weight is 1370 g/mol. The van der Waals surface area contributed by atoms with Crippen LogP contribution >= 0.6 is 34.8 Å². The number of benzene rings is 7. The minimum absolute atomic E-state index is 0. The molecule has 0 fully saturated rings. The van der Waals surface area contributed by atoms with Crippen molar-refractivity contribution in [2.24, 2.45) is 0 Å². The summed E-state index contributed by atoms with van der Waals surface area (Å²) in [6.07, 6.45) is -0.0682. The van der Waals surface area contributed by atoms with Crippen molar-refractivity contribution in [1.29, 1.82) is 0 Å². The van der Waals surface area contributed by atoms with Crippen LogP contribution in [0.15, 0.2) is 191 Å². The lowest BCUT2D eigenvalue weighted by Gasteiger charge is -2.16. The lowest BCUT2D eigenvalue weighted by Crippen LogP contribution is -2.33. The number of methoxy groups -OCH3 is 2. The van der Waals surface area contributed by atoms with Crippen molar-refractivity contribution in [3.8, 4) is 5.75 Å². The van der Waals surface area contributed by atoms with Gasteiger partial charge in [0, 0.05) is 56.8 Å². The number of fused-ring (bicyclic) bond motifs is 2. The number of hydrogen-bond acceptors (Lipinski definition) is 15. The van der Waals surface area contributed by atoms with E-state index in [0.29, 0.717) is 43.0 Å². The molecular weight excluding hydrogens is 1300 g/mol. The number of halogens is 5. The third kappa shape index (κ3) is 18.4. The number of hydrogen-bond donors (Lipinski definition) is 7. The Labute approximate surface area is 537 Å². The molecule has 7 N–H and O–H groups in total. The highest BCUT2D eigenvalue weighted by atomic mass is 35.5. The fourth-order valence-electron chi connectivity index (χ4n) is 7.94. The number of carbonyl (C=O) groups excluding carboxylic acids is 6. The molecule has 9 rings (SSSR count). The highest BCUT2D eigenvalue weighted by molar-refractivity contribution is 7.90. The molecule has 2 aromatic heterocycles. The zero-order valence-corrected chi connectivity index (χ0v) is 51.6. The largest absolute Gasteiger partial charge is 0.452 e. The predicted octanol–water partition coefficient (Wildman–Crippen LogP) is 12.7. The molecule has 0 radical (unpaired) electrons. The molecule has 0 saturated heterocycles. The normalized spacial score (nSPS) is 11.5. The summed E-state index contributed by atoms with van der Waals surface area (Å²) in [6, 6.07) is 37.5. The Hall–Kier alpha value is -9.78. The van der Waals surface area contributed by atoms with E-state index in [1.807, 2.05) is 18.2 Å². The molecule has 0 aliphatic carbocycles. The van der Waals surface area contributed by atoms with Crippen molar-refractivity contribution in [3.05, 3.63) is 208 Å². The summed E-state index contributed by atoms with van der Waals surface area (Å²) in [6.45, 7) is 1.91. The first kappa shape index (κ1) is 67.7. The summed E-state index contributed by atoms with van der Waals surface area (Å²) in [5.41, 5.74) is 3.16. The summed E-state index contributed by atoms with van der Waals surface area (Å²) in [7, 11) is -10.2. The van der Waals surface area contributed by atoms with Crippen LogP contribution < -0.4 is 40.2 Å². The first-order chi connectivity index (χ1) is 42.6. The standard InChI is InChI=1S/C24H19F2N3O5S.C18H16ClN3O5S.C16H15Cl2N3O5S.7H2/c1-15(29-14-13-20-21(26)3-2-4-22(20)29)23(30)27-17-7-11-19(12-8-17)35(32,33)28-24(31)34-18-9-5-16(25)6-10-18;1-27-18(24)21-28(25,26)14-7-5-13(6-8-14)20-16(23)11-22-10-9-12-3-2-4-15(19)17(12)22;1-26-16(23)21-27(24,25)12-5-3-11(4-6-12)20-15(22)19-9-10-2-7-13(17)14(18)8-10;;;;;;;/h2-15H,1H3,(H,27,30)(H,28,31);2-10H,11H2,1H3,(H,20,23)(H,21,24);2-8H,9H2,1H3,(H,21,23)(H2,19,20,22);7*1H/t15-;;;;;;;;;/m1........./s1. The van der Waals surface area contributed by atoms with Crippen molar-refractivity contribution in [1.82, 2.24) is 28.6 Å². The molecule has 9 aromatic rings. The molecule has 0 spiro atoms. The molecule has 0 bridgehead atoms. The topological polar surface area (TPSA) is 327 Å². The summed E-state index contributed by atoms with van der Waals surface area (Å²) < 4.78 is 121. The fourth-order valence-corrected chi connectivity index (χ4v) is 11.3. The number of urea groups is 1. The second kappa shape index (κ2) is 29.9. The first-order valence-corrected chi connectivity index (χ1v) is 31.3. The fraction of sp³-hybridized carbons (Fsp3) is 0.103. The number of nitrogens with zero attached hydrogens (tertiary/aromatic N) is 2. The molecule has 0 aliphatic heterocycles. The van der Waals surface area contributed by atoms with Crippen LogP contribution in [0.2, 0.25) is 15.1 Å². The molecule has 24 nitrogen and oxygen atoms in total. The highest BCUT2D eigenvalue weighted by Gasteiger charge is 2.23. The summed E-state index contributed by atoms with van der Waals surface area (Å²) in [5, 5.41) is 13.2. The smallest absolute Gasteiger partial charge is 0.426 e. The maximum Gasteiger partial charge on any atom is 0.426 e. The minimum Gasteiger partial charge on any atom is -0.452 e. The van der Waals surface area contributed by atoms with E-state index in [4.69, 9.17) is 39.5 Å². The Kier molecular flexibility index (Phi) is 22.5. The van der Waals surface area contributed by atoms with Gasteiger partial charge in [-0.1, -0.05) is 59.1 Å². The van der Waals surface area contributed by atoms with Crippen LogP contribution in [0.1, 0.15) is 28.5 Å². The van der Waals surface area contributed by atoms with Gasteiger partial charge >= 0.3 is 24.3 Å². The number of nitrogens with one attached hydrogen (secondary N) is 7. The van der Waals surface area contributed by atoms with Crippen molar-refractivity contribution in [3.63, 3.8) is 0 Å². The number of para-hydroxylation sites is 1. The van der Waals surface area contributed by atoms with Crippen LogP contribution in [-0.4, -0.2) is 84.7 Å². The van der Waals surface area contributed by atoms with E-state index in [0.717, 1.165) is 42.8 Å². The molecular formula is C58H64Cl3F2N9O15S3. The molecule has 1 atom stereocenters. The summed E-state index contributed by atoms with van der Waals surface area (Å²) in [4.78, 5) is 70.5. The Morgan fingerprint density at radius 2 is 1.08 bits per heavy atom. The molecule has 0 unspecified atom stereocenters. The average Bonchev–Trinajstić information content (AvgIpc) is 1.73. The van der Waals surface area contributed by atoms with E-state index < -0.39 is 72.1 Å². The third-order valence-electron chi connectivity index (χ3n) is 12.3. The summed E-state index contributed by atoms with van der Waals surface area (Å²) in [5.74, 6) is -1.67. The van der Waals surface area contributed by atoms with Crippen LogP contribution in [-0.2, 0) is 62.2 Å². The molecule has 0 aliphatic rings. The second-order valence-electron chi connectivity index (χ2n) is 18.5. The molecule has 7 aromatic carbocycles. The zero-order valence-electron chi connectivity index (χ0n) is 46.9.